The van der Waals surface area contributed by atoms with E-state index < -0.39 is 6.10 Å². The van der Waals surface area contributed by atoms with E-state index in [0.717, 1.165) is 51.6 Å². The molecule has 0 aliphatic carbocycles. The molecule has 0 aromatic heterocycles. The zero-order valence-corrected chi connectivity index (χ0v) is 19.7. The number of halogens is 1. The molecule has 1 amide bonds. The van der Waals surface area contributed by atoms with Gasteiger partial charge in [0.25, 0.3) is 0 Å². The highest BCUT2D eigenvalue weighted by Gasteiger charge is 2.10. The predicted molar refractivity (Wildman–Crippen MR) is 125 cm³/mol. The van der Waals surface area contributed by atoms with Gasteiger partial charge in [0.2, 0.25) is 5.91 Å². The quantitative estimate of drug-likeness (QED) is 0.324. The van der Waals surface area contributed by atoms with Gasteiger partial charge in [0.15, 0.2) is 0 Å². The Morgan fingerprint density at radius 1 is 1.06 bits per heavy atom. The first-order valence-electron chi connectivity index (χ1n) is 11.9. The lowest BCUT2D eigenvalue weighted by molar-refractivity contribution is -0.121. The van der Waals surface area contributed by atoms with E-state index in [1.165, 1.54) is 31.4 Å². The van der Waals surface area contributed by atoms with Crippen molar-refractivity contribution in [2.24, 2.45) is 5.92 Å². The number of likely N-dealkylation sites (N-methyl/N-ethyl adjacent to an activating group) is 1. The van der Waals surface area contributed by atoms with Crippen molar-refractivity contribution in [1.29, 1.82) is 0 Å². The third kappa shape index (κ3) is 14.9. The molecule has 2 atom stereocenters. The Kier molecular flexibility index (Phi) is 15.0. The summed E-state index contributed by atoms with van der Waals surface area (Å²) < 4.78 is 18.4. The normalized spacial score (nSPS) is 13.2. The number of hydrogen-bond acceptors (Lipinski definition) is 4. The zero-order chi connectivity index (χ0) is 22.9. The summed E-state index contributed by atoms with van der Waals surface area (Å²) >= 11 is 0. The van der Waals surface area contributed by atoms with Crippen molar-refractivity contribution in [3.63, 3.8) is 0 Å². The second-order valence-corrected chi connectivity index (χ2v) is 8.73. The number of aliphatic hydroxyl groups is 1. The summed E-state index contributed by atoms with van der Waals surface area (Å²) in [5, 5.41) is 13.1. The molecule has 1 aromatic rings. The molecule has 178 valence electrons. The Bertz CT molecular complexity index is 581. The van der Waals surface area contributed by atoms with Crippen molar-refractivity contribution in [3.8, 4) is 5.75 Å². The summed E-state index contributed by atoms with van der Waals surface area (Å²) in [6.45, 7) is 4.07. The van der Waals surface area contributed by atoms with E-state index in [1.54, 1.807) is 12.1 Å². The molecule has 2 unspecified atom stereocenters. The first-order valence-corrected chi connectivity index (χ1v) is 11.9. The SMILES string of the molecule is CCC(CCCCCCC(=O)NCCN(C)C)CCCC(O)COc1ccc(F)cc1. The molecular weight excluding hydrogens is 395 g/mol. The van der Waals surface area contributed by atoms with E-state index in [1.807, 2.05) is 14.1 Å². The number of carbonyl (C=O) groups is 1. The smallest absolute Gasteiger partial charge is 0.220 e. The minimum Gasteiger partial charge on any atom is -0.491 e. The van der Waals surface area contributed by atoms with Gasteiger partial charge in [-0.1, -0.05) is 51.9 Å². The second kappa shape index (κ2) is 17.0. The number of nitrogens with zero attached hydrogens (tertiary/aromatic N) is 1. The van der Waals surface area contributed by atoms with Crippen LogP contribution in [0, 0.1) is 11.7 Å². The fraction of sp³-hybridized carbons (Fsp3) is 0.720. The van der Waals surface area contributed by atoms with Crippen LogP contribution in [0.3, 0.4) is 0 Å². The number of ether oxygens (including phenoxy) is 1. The maximum absolute atomic E-state index is 12.9. The fourth-order valence-corrected chi connectivity index (χ4v) is 3.58. The van der Waals surface area contributed by atoms with Crippen molar-refractivity contribution in [2.45, 2.75) is 77.2 Å². The molecule has 1 aromatic carbocycles. The topological polar surface area (TPSA) is 61.8 Å². The molecule has 0 saturated heterocycles. The number of benzene rings is 1. The molecule has 0 aliphatic heterocycles. The van der Waals surface area contributed by atoms with Crippen LogP contribution in [-0.2, 0) is 4.79 Å². The lowest BCUT2D eigenvalue weighted by Crippen LogP contribution is -2.31. The standard InChI is InChI=1S/C25H43FN2O3/c1-4-21(10-7-5-6-8-13-25(30)27-18-19-28(2)3)11-9-12-23(29)20-31-24-16-14-22(26)15-17-24/h14-17,21,23,29H,4-13,18-20H2,1-3H3,(H,27,30). The van der Waals surface area contributed by atoms with Crippen LogP contribution < -0.4 is 10.1 Å². The summed E-state index contributed by atoms with van der Waals surface area (Å²) in [7, 11) is 4.00. The molecule has 0 heterocycles. The Hall–Kier alpha value is -1.66. The first kappa shape index (κ1) is 27.4. The van der Waals surface area contributed by atoms with Crippen molar-refractivity contribution in [1.82, 2.24) is 10.2 Å². The lowest BCUT2D eigenvalue weighted by atomic mass is 9.92. The zero-order valence-electron chi connectivity index (χ0n) is 19.7. The summed E-state index contributed by atoms with van der Waals surface area (Å²) in [5.74, 6) is 1.15. The van der Waals surface area contributed by atoms with E-state index in [0.29, 0.717) is 18.1 Å². The molecule has 5 nitrogen and oxygen atoms in total. The van der Waals surface area contributed by atoms with Crippen LogP contribution in [0.25, 0.3) is 0 Å². The minimum absolute atomic E-state index is 0.162. The number of hydrogen-bond donors (Lipinski definition) is 2. The summed E-state index contributed by atoms with van der Waals surface area (Å²) in [6.07, 6.45) is 9.80. The fourth-order valence-electron chi connectivity index (χ4n) is 3.58. The van der Waals surface area contributed by atoms with Gasteiger partial charge in [-0.2, -0.15) is 0 Å². The monoisotopic (exact) mass is 438 g/mol. The number of nitrogens with one attached hydrogen (secondary N) is 1. The summed E-state index contributed by atoms with van der Waals surface area (Å²) in [6, 6.07) is 5.86. The van der Waals surface area contributed by atoms with E-state index in [2.05, 4.69) is 17.1 Å². The van der Waals surface area contributed by atoms with E-state index in [4.69, 9.17) is 4.74 Å². The number of unbranched alkanes of at least 4 members (excludes halogenated alkanes) is 3. The average molecular weight is 439 g/mol. The largest absolute Gasteiger partial charge is 0.491 e. The second-order valence-electron chi connectivity index (χ2n) is 8.73. The molecule has 1 rings (SSSR count). The predicted octanol–water partition coefficient (Wildman–Crippen LogP) is 4.78. The first-order chi connectivity index (χ1) is 14.9. The van der Waals surface area contributed by atoms with Gasteiger partial charge in [-0.3, -0.25) is 4.79 Å². The lowest BCUT2D eigenvalue weighted by Gasteiger charge is -2.16. The van der Waals surface area contributed by atoms with Crippen LogP contribution in [0.2, 0.25) is 0 Å². The van der Waals surface area contributed by atoms with Crippen molar-refractivity contribution in [3.05, 3.63) is 30.1 Å². The highest BCUT2D eigenvalue weighted by molar-refractivity contribution is 5.75. The Morgan fingerprint density at radius 2 is 1.74 bits per heavy atom. The third-order valence-electron chi connectivity index (χ3n) is 5.63. The van der Waals surface area contributed by atoms with Crippen LogP contribution in [0.4, 0.5) is 4.39 Å². The van der Waals surface area contributed by atoms with E-state index in [-0.39, 0.29) is 18.3 Å². The van der Waals surface area contributed by atoms with Gasteiger partial charge in [-0.25, -0.2) is 4.39 Å². The summed E-state index contributed by atoms with van der Waals surface area (Å²) in [5.41, 5.74) is 0. The Morgan fingerprint density at radius 3 is 2.42 bits per heavy atom. The maximum atomic E-state index is 12.9. The van der Waals surface area contributed by atoms with Gasteiger partial charge in [-0.15, -0.1) is 0 Å². The van der Waals surface area contributed by atoms with Gasteiger partial charge in [0, 0.05) is 19.5 Å². The van der Waals surface area contributed by atoms with Crippen molar-refractivity contribution < 1.29 is 19.0 Å². The summed E-state index contributed by atoms with van der Waals surface area (Å²) in [4.78, 5) is 13.8. The minimum atomic E-state index is -0.494. The molecule has 0 saturated carbocycles. The third-order valence-corrected chi connectivity index (χ3v) is 5.63. The van der Waals surface area contributed by atoms with E-state index >= 15 is 0 Å². The van der Waals surface area contributed by atoms with Gasteiger partial charge < -0.3 is 20.1 Å². The Labute approximate surface area is 188 Å². The molecule has 0 radical (unpaired) electrons. The van der Waals surface area contributed by atoms with Gasteiger partial charge >= 0.3 is 0 Å². The molecule has 31 heavy (non-hydrogen) atoms. The maximum Gasteiger partial charge on any atom is 0.220 e. The number of amides is 1. The van der Waals surface area contributed by atoms with Crippen LogP contribution in [0.1, 0.15) is 71.1 Å². The van der Waals surface area contributed by atoms with Gasteiger partial charge in [0.05, 0.1) is 6.10 Å². The van der Waals surface area contributed by atoms with Crippen LogP contribution >= 0.6 is 0 Å². The number of carbonyl (C=O) groups excluding carboxylic acids is 1. The number of aliphatic hydroxyl groups excluding tert-OH is 1. The molecule has 0 fully saturated rings. The number of rotatable bonds is 18. The van der Waals surface area contributed by atoms with Crippen molar-refractivity contribution in [2.75, 3.05) is 33.8 Å². The average Bonchev–Trinajstić information content (AvgIpc) is 2.74. The van der Waals surface area contributed by atoms with Crippen LogP contribution in [0.5, 0.6) is 5.75 Å². The van der Waals surface area contributed by atoms with E-state index in [9.17, 15) is 14.3 Å². The van der Waals surface area contributed by atoms with Gasteiger partial charge in [0.1, 0.15) is 18.2 Å². The molecule has 0 bridgehead atoms. The van der Waals surface area contributed by atoms with Gasteiger partial charge in [-0.05, 0) is 57.1 Å². The molecule has 2 N–H and O–H groups in total. The van der Waals surface area contributed by atoms with Crippen LogP contribution in [0.15, 0.2) is 24.3 Å². The van der Waals surface area contributed by atoms with Crippen LogP contribution in [-0.4, -0.2) is 55.8 Å². The molecule has 0 aliphatic rings. The highest BCUT2D eigenvalue weighted by atomic mass is 19.1. The Balaban J connectivity index is 2.02. The van der Waals surface area contributed by atoms with Crippen molar-refractivity contribution >= 4 is 5.91 Å². The molecule has 6 heteroatoms. The highest BCUT2D eigenvalue weighted by Crippen LogP contribution is 2.21. The molecule has 0 spiro atoms. The molecular formula is C25H43FN2O3.